The molecule has 12 heavy (non-hydrogen) atoms. The summed E-state index contributed by atoms with van der Waals surface area (Å²) in [5.74, 6) is 0. The van der Waals surface area contributed by atoms with Crippen LogP contribution in [-0.2, 0) is 16.5 Å². The molecule has 13 N–H and O–H groups in total. The van der Waals surface area contributed by atoms with Gasteiger partial charge in [-0.15, -0.1) is 0 Å². The van der Waals surface area contributed by atoms with Crippen molar-refractivity contribution in [2.24, 2.45) is 0 Å². The van der Waals surface area contributed by atoms with Crippen molar-refractivity contribution in [2.45, 2.75) is 0 Å². The molecule has 0 aromatic carbocycles. The molecular weight excluding hydrogens is 242 g/mol. The van der Waals surface area contributed by atoms with Gasteiger partial charge in [-0.05, 0) is 0 Å². The zero-order valence-electron chi connectivity index (χ0n) is 5.83. The van der Waals surface area contributed by atoms with Gasteiger partial charge in [0.1, 0.15) is 0 Å². The van der Waals surface area contributed by atoms with Gasteiger partial charge in [0.05, 0.1) is 14.9 Å². The van der Waals surface area contributed by atoms with E-state index in [4.69, 9.17) is 18.6 Å². The summed E-state index contributed by atoms with van der Waals surface area (Å²) in [6, 6.07) is 0. The summed E-state index contributed by atoms with van der Waals surface area (Å²) < 4.78 is 32.7. The number of halogens is 1. The van der Waals surface area contributed by atoms with Crippen LogP contribution in [0, 0.1) is 10.2 Å². The second-order valence-electron chi connectivity index (χ2n) is 0.396. The predicted molar refractivity (Wildman–Crippen MR) is 33.9 cm³/mol. The van der Waals surface area contributed by atoms with Gasteiger partial charge in [-0.3, -0.25) is 0 Å². The maximum absolute atomic E-state index is 8.60. The third-order valence-corrected chi connectivity index (χ3v) is 0. The second-order valence-corrected chi connectivity index (χ2v) is 1.19. The zero-order chi connectivity index (χ0) is 4.50. The number of rotatable bonds is 0. The Labute approximate surface area is 82.9 Å². The molecule has 0 aromatic heterocycles. The van der Waals surface area contributed by atoms with Gasteiger partial charge in [0.25, 0.3) is 0 Å². The molecule has 12 heteroatoms. The summed E-state index contributed by atoms with van der Waals surface area (Å²) in [5.41, 5.74) is 0. The Bertz CT molecular complexity index is 35.0. The predicted octanol–water partition coefficient (Wildman–Crippen LogP) is 0.176. The molecule has 0 heterocycles. The molecule has 88 valence electrons. The Hall–Kier alpha value is 0.384. The first-order valence-corrected chi connectivity index (χ1v) is 1.90. The quantitative estimate of drug-likeness (QED) is 0.591. The van der Waals surface area contributed by atoms with E-state index in [1.807, 2.05) is 0 Å². The minimum Gasteiger partial charge on any atom is -0.693 e. The molecule has 0 atom stereocenters. The molecule has 0 amide bonds. The fraction of sp³-hybridized carbons (Fsp3) is 0. The summed E-state index contributed by atoms with van der Waals surface area (Å²) in [7, 11) is -4.69. The normalized spacial score (nSPS) is 5.00. The van der Waals surface area contributed by atoms with Gasteiger partial charge in [-0.2, -0.15) is 14.0 Å². The van der Waals surface area contributed by atoms with Crippen LogP contribution in [-0.4, -0.2) is 4.66 Å². The first-order valence-electron chi connectivity index (χ1n) is 0.632. The largest absolute Gasteiger partial charge is 2.00 e. The van der Waals surface area contributed by atoms with Gasteiger partial charge in [-0.1, -0.05) is 0 Å². The second kappa shape index (κ2) is 30.1. The van der Waals surface area contributed by atoms with Crippen LogP contribution in [0.3, 0.4) is 0 Å². The first-order chi connectivity index (χ1) is 2.00. The van der Waals surface area contributed by atoms with E-state index < -0.39 is 10.2 Å². The molecule has 0 aliphatic rings. The molecule has 0 aliphatic carbocycles. The van der Waals surface area contributed by atoms with E-state index in [1.54, 1.807) is 0 Å². The monoisotopic (exact) mass is 254 g/mol. The number of hydrogen-bond acceptors (Lipinski definition) is 4. The third-order valence-electron chi connectivity index (χ3n) is 0. The van der Waals surface area contributed by atoms with Crippen LogP contribution in [0.2, 0.25) is 0 Å². The van der Waals surface area contributed by atoms with Gasteiger partial charge in [-0.25, -0.2) is 0 Å². The maximum Gasteiger partial charge on any atom is 2.00 e. The zero-order valence-corrected chi connectivity index (χ0v) is 7.57. The average Bonchev–Trinajstić information content (AvgIpc) is 0.722. The van der Waals surface area contributed by atoms with Crippen LogP contribution >= 0.6 is 0 Å². The molecule has 0 aliphatic heterocycles. The van der Waals surface area contributed by atoms with Crippen LogP contribution in [0.5, 0.6) is 0 Å². The summed E-state index contributed by atoms with van der Waals surface area (Å²) in [5, 5.41) is 0. The van der Waals surface area contributed by atoms with Gasteiger partial charge in [0, 0.05) is 0 Å². The third kappa shape index (κ3) is 6220. The standard InChI is InChI=1S/ClHO4.6H2N.Ni/c2-1(3,4)5;;;;;;;/h(H,2,3,4,5);6*1H2;/q;6*-1;+2. The molecule has 0 rings (SSSR count). The Morgan fingerprint density at radius 2 is 0.667 bits per heavy atom. The van der Waals surface area contributed by atoms with Crippen LogP contribution < -0.4 is 14.0 Å². The Balaban J connectivity index is -0.00000000381. The summed E-state index contributed by atoms with van der Waals surface area (Å²) in [4.78, 5) is 0. The van der Waals surface area contributed by atoms with Crippen LogP contribution in [0.15, 0.2) is 0 Å². The van der Waals surface area contributed by atoms with Crippen molar-refractivity contribution < 1.29 is 45.4 Å². The van der Waals surface area contributed by atoms with E-state index in [2.05, 4.69) is 0 Å². The van der Waals surface area contributed by atoms with Crippen molar-refractivity contribution in [2.75, 3.05) is 0 Å². The fourth-order valence-corrected chi connectivity index (χ4v) is 0. The Morgan fingerprint density at radius 1 is 0.667 bits per heavy atom. The van der Waals surface area contributed by atoms with Crippen LogP contribution in [0.25, 0.3) is 36.9 Å². The number of hydrogen-bond donors (Lipinski definition) is 1. The minimum absolute atomic E-state index is 0. The molecule has 0 unspecified atom stereocenters. The average molecular weight is 255 g/mol. The number of nitrogens with two attached hydrogens (primary N) is 6. The van der Waals surface area contributed by atoms with E-state index in [9.17, 15) is 0 Å². The molecule has 0 spiro atoms. The summed E-state index contributed by atoms with van der Waals surface area (Å²) in [6.45, 7) is 0. The SMILES string of the molecule is [NH2-].[NH2-].[NH2-].[NH2-].[NH2-].[NH2-].[Ni+2].[O-][Cl+3]([O-])([O-])O. The molecule has 0 radical (unpaired) electrons. The molecule has 0 bridgehead atoms. The molecular formula is H13ClN6NiO4-4. The van der Waals surface area contributed by atoms with Crippen molar-refractivity contribution in [3.63, 3.8) is 0 Å². The molecule has 0 saturated heterocycles. The van der Waals surface area contributed by atoms with Crippen molar-refractivity contribution in [3.05, 3.63) is 36.9 Å². The van der Waals surface area contributed by atoms with E-state index in [0.29, 0.717) is 0 Å². The maximum atomic E-state index is 8.60. The Morgan fingerprint density at radius 3 is 0.667 bits per heavy atom. The molecule has 0 saturated carbocycles. The van der Waals surface area contributed by atoms with Gasteiger partial charge in [0.2, 0.25) is 0 Å². The molecule has 10 nitrogen and oxygen atoms in total. The van der Waals surface area contributed by atoms with Gasteiger partial charge in [0.15, 0.2) is 0 Å². The molecule has 0 aromatic rings. The topological polar surface area (TPSA) is 290 Å². The van der Waals surface area contributed by atoms with Crippen molar-refractivity contribution in [1.29, 1.82) is 0 Å². The Kier molecular flexibility index (Phi) is 210. The van der Waals surface area contributed by atoms with E-state index in [0.717, 1.165) is 0 Å². The first kappa shape index (κ1) is 83.5. The summed E-state index contributed by atoms with van der Waals surface area (Å²) in [6.07, 6.45) is 0. The van der Waals surface area contributed by atoms with Gasteiger partial charge < -0.3 is 36.9 Å². The van der Waals surface area contributed by atoms with Gasteiger partial charge >= 0.3 is 16.5 Å². The smallest absolute Gasteiger partial charge is 0.693 e. The van der Waals surface area contributed by atoms with Crippen LogP contribution in [0.1, 0.15) is 0 Å². The van der Waals surface area contributed by atoms with E-state index in [-0.39, 0.29) is 53.4 Å². The van der Waals surface area contributed by atoms with E-state index in [1.165, 1.54) is 0 Å². The molecule has 0 fully saturated rings. The van der Waals surface area contributed by atoms with Crippen molar-refractivity contribution >= 4 is 0 Å². The van der Waals surface area contributed by atoms with E-state index >= 15 is 0 Å². The van der Waals surface area contributed by atoms with Crippen molar-refractivity contribution in [3.8, 4) is 0 Å². The fourth-order valence-electron chi connectivity index (χ4n) is 0. The summed E-state index contributed by atoms with van der Waals surface area (Å²) >= 11 is 0. The van der Waals surface area contributed by atoms with Crippen LogP contribution in [0.4, 0.5) is 0 Å². The van der Waals surface area contributed by atoms with Crippen molar-refractivity contribution in [1.82, 2.24) is 0 Å². The minimum atomic E-state index is -4.69.